The minimum absolute atomic E-state index is 0.153. The highest BCUT2D eigenvalue weighted by Gasteiger charge is 2.33. The lowest BCUT2D eigenvalue weighted by molar-refractivity contribution is 0.164. The normalized spacial score (nSPS) is 26.8. The van der Waals surface area contributed by atoms with Crippen molar-refractivity contribution in [2.24, 2.45) is 0 Å². The lowest BCUT2D eigenvalue weighted by Gasteiger charge is -2.32. The van der Waals surface area contributed by atoms with Crippen LogP contribution in [0.2, 0.25) is 0 Å². The van der Waals surface area contributed by atoms with E-state index in [2.05, 4.69) is 0 Å². The zero-order valence-corrected chi connectivity index (χ0v) is 11.0. The maximum Gasteiger partial charge on any atom is 0.131 e. The van der Waals surface area contributed by atoms with Gasteiger partial charge in [0.05, 0.1) is 11.7 Å². The summed E-state index contributed by atoms with van der Waals surface area (Å²) in [5.74, 6) is 0.600. The fourth-order valence-corrected chi connectivity index (χ4v) is 4.77. The molecule has 1 N–H and O–H groups in total. The molecule has 0 aliphatic carbocycles. The summed E-state index contributed by atoms with van der Waals surface area (Å²) in [5, 5.41) is 10.2. The van der Waals surface area contributed by atoms with Gasteiger partial charge in [-0.3, -0.25) is 0 Å². The lowest BCUT2D eigenvalue weighted by Crippen LogP contribution is -2.30. The Hall–Kier alpha value is -0.260. The monoisotopic (exact) mass is 276 g/mol. The van der Waals surface area contributed by atoms with Crippen molar-refractivity contribution in [1.29, 1.82) is 0 Å². The van der Waals surface area contributed by atoms with Crippen molar-refractivity contribution in [3.63, 3.8) is 0 Å². The van der Waals surface area contributed by atoms with E-state index < -0.39 is 17.7 Å². The molecule has 1 aromatic carbocycles. The number of halogens is 2. The number of aliphatic hydroxyl groups is 1. The van der Waals surface area contributed by atoms with Gasteiger partial charge in [0.25, 0.3) is 0 Å². The number of thioether (sulfide) groups is 2. The van der Waals surface area contributed by atoms with E-state index in [0.29, 0.717) is 0 Å². The maximum absolute atomic E-state index is 13.6. The molecular formula is C12H14F2OS2. The zero-order valence-electron chi connectivity index (χ0n) is 9.40. The second kappa shape index (κ2) is 5.59. The summed E-state index contributed by atoms with van der Waals surface area (Å²) < 4.78 is 27.1. The predicted molar refractivity (Wildman–Crippen MR) is 69.5 cm³/mol. The van der Waals surface area contributed by atoms with Gasteiger partial charge in [-0.15, -0.1) is 0 Å². The third-order valence-electron chi connectivity index (χ3n) is 2.84. The molecular weight excluding hydrogens is 262 g/mol. The van der Waals surface area contributed by atoms with Gasteiger partial charge in [-0.25, -0.2) is 8.78 Å². The van der Waals surface area contributed by atoms with Gasteiger partial charge in [0.2, 0.25) is 0 Å². The Morgan fingerprint density at radius 2 is 1.82 bits per heavy atom. The van der Waals surface area contributed by atoms with Crippen LogP contribution in [0.25, 0.3) is 0 Å². The third kappa shape index (κ3) is 2.77. The van der Waals surface area contributed by atoms with E-state index in [9.17, 15) is 13.9 Å². The molecule has 1 nitrogen and oxygen atoms in total. The molecule has 0 radical (unpaired) electrons. The van der Waals surface area contributed by atoms with Crippen LogP contribution in [-0.2, 0) is 0 Å². The van der Waals surface area contributed by atoms with Gasteiger partial charge < -0.3 is 5.11 Å². The van der Waals surface area contributed by atoms with E-state index in [1.807, 2.05) is 6.92 Å². The third-order valence-corrected chi connectivity index (χ3v) is 6.02. The average molecular weight is 276 g/mol. The fraction of sp³-hybridized carbons (Fsp3) is 0.500. The first-order chi connectivity index (χ1) is 8.11. The molecule has 1 aliphatic rings. The smallest absolute Gasteiger partial charge is 0.131 e. The topological polar surface area (TPSA) is 20.2 Å². The van der Waals surface area contributed by atoms with Crippen molar-refractivity contribution in [2.75, 3.05) is 11.5 Å². The summed E-state index contributed by atoms with van der Waals surface area (Å²) in [6.07, 6.45) is -1.08. The Morgan fingerprint density at radius 1 is 1.24 bits per heavy atom. The first-order valence-corrected chi connectivity index (χ1v) is 7.56. The zero-order chi connectivity index (χ0) is 12.4. The molecule has 1 fully saturated rings. The molecule has 1 aliphatic heterocycles. The molecule has 3 atom stereocenters. The van der Waals surface area contributed by atoms with Crippen LogP contribution in [-0.4, -0.2) is 27.1 Å². The average Bonchev–Trinajstić information content (AvgIpc) is 2.29. The van der Waals surface area contributed by atoms with Crippen molar-refractivity contribution in [3.8, 4) is 0 Å². The number of hydrogen-bond donors (Lipinski definition) is 1. The summed E-state index contributed by atoms with van der Waals surface area (Å²) in [6.45, 7) is 1.99. The van der Waals surface area contributed by atoms with Crippen molar-refractivity contribution < 1.29 is 13.9 Å². The van der Waals surface area contributed by atoms with Gasteiger partial charge in [0, 0.05) is 22.0 Å². The molecule has 0 saturated carbocycles. The van der Waals surface area contributed by atoms with Crippen molar-refractivity contribution in [1.82, 2.24) is 0 Å². The van der Waals surface area contributed by atoms with Gasteiger partial charge in [-0.2, -0.15) is 23.5 Å². The Bertz CT molecular complexity index is 380. The minimum atomic E-state index is -1.08. The summed E-state index contributed by atoms with van der Waals surface area (Å²) in [4.78, 5) is 0. The predicted octanol–water partition coefficient (Wildman–Crippen LogP) is 3.24. The molecule has 94 valence electrons. The second-order valence-corrected chi connectivity index (χ2v) is 6.76. The van der Waals surface area contributed by atoms with Crippen LogP contribution >= 0.6 is 23.5 Å². The SMILES string of the molecule is CC1SCCSC1C(O)c1c(F)cccc1F. The van der Waals surface area contributed by atoms with Gasteiger partial charge in [-0.05, 0) is 12.1 Å². The van der Waals surface area contributed by atoms with Crippen molar-refractivity contribution in [3.05, 3.63) is 35.4 Å². The minimum Gasteiger partial charge on any atom is -0.387 e. The largest absolute Gasteiger partial charge is 0.387 e. The number of rotatable bonds is 2. The van der Waals surface area contributed by atoms with E-state index in [-0.39, 0.29) is 16.1 Å². The molecule has 3 unspecified atom stereocenters. The van der Waals surface area contributed by atoms with Crippen LogP contribution in [0, 0.1) is 11.6 Å². The first-order valence-electron chi connectivity index (χ1n) is 5.46. The van der Waals surface area contributed by atoms with E-state index >= 15 is 0 Å². The molecule has 5 heteroatoms. The van der Waals surface area contributed by atoms with Crippen LogP contribution in [0.15, 0.2) is 18.2 Å². The van der Waals surface area contributed by atoms with Crippen LogP contribution in [0.5, 0.6) is 0 Å². The summed E-state index contributed by atoms with van der Waals surface area (Å²) in [6, 6.07) is 3.69. The molecule has 2 rings (SSSR count). The molecule has 0 bridgehead atoms. The van der Waals surface area contributed by atoms with E-state index in [1.54, 1.807) is 23.5 Å². The first kappa shape index (κ1) is 13.2. The highest BCUT2D eigenvalue weighted by atomic mass is 32.2. The maximum atomic E-state index is 13.6. The molecule has 17 heavy (non-hydrogen) atoms. The van der Waals surface area contributed by atoms with Crippen molar-refractivity contribution in [2.45, 2.75) is 23.5 Å². The van der Waals surface area contributed by atoms with E-state index in [1.165, 1.54) is 18.2 Å². The Kier molecular flexibility index (Phi) is 4.33. The van der Waals surface area contributed by atoms with Crippen LogP contribution in [0.1, 0.15) is 18.6 Å². The number of benzene rings is 1. The lowest BCUT2D eigenvalue weighted by atomic mass is 10.0. The van der Waals surface area contributed by atoms with Crippen LogP contribution < -0.4 is 0 Å². The quantitative estimate of drug-likeness (QED) is 0.895. The summed E-state index contributed by atoms with van der Waals surface area (Å²) in [7, 11) is 0. The molecule has 1 aromatic rings. The highest BCUT2D eigenvalue weighted by molar-refractivity contribution is 8.07. The Balaban J connectivity index is 2.26. The molecule has 0 spiro atoms. The van der Waals surface area contributed by atoms with Crippen LogP contribution in [0.4, 0.5) is 8.78 Å². The van der Waals surface area contributed by atoms with Gasteiger partial charge in [-0.1, -0.05) is 13.0 Å². The molecule has 1 heterocycles. The Labute approximate surface area is 108 Å². The standard InChI is InChI=1S/C12H14F2OS2/c1-7-12(17-6-5-16-7)11(15)10-8(13)3-2-4-9(10)14/h2-4,7,11-12,15H,5-6H2,1H3. The number of hydrogen-bond acceptors (Lipinski definition) is 3. The van der Waals surface area contributed by atoms with Gasteiger partial charge >= 0.3 is 0 Å². The second-order valence-electron chi connectivity index (χ2n) is 3.99. The molecule has 0 amide bonds. The summed E-state index contributed by atoms with van der Waals surface area (Å²) >= 11 is 3.32. The molecule has 0 aromatic heterocycles. The fourth-order valence-electron chi connectivity index (χ4n) is 1.95. The van der Waals surface area contributed by atoms with Gasteiger partial charge in [0.1, 0.15) is 11.6 Å². The summed E-state index contributed by atoms with van der Waals surface area (Å²) in [5.41, 5.74) is -0.195. The Morgan fingerprint density at radius 3 is 2.41 bits per heavy atom. The van der Waals surface area contributed by atoms with E-state index in [0.717, 1.165) is 11.5 Å². The number of aliphatic hydroxyl groups excluding tert-OH is 1. The van der Waals surface area contributed by atoms with Crippen LogP contribution in [0.3, 0.4) is 0 Å². The highest BCUT2D eigenvalue weighted by Crippen LogP contribution is 2.39. The van der Waals surface area contributed by atoms with E-state index in [4.69, 9.17) is 0 Å². The van der Waals surface area contributed by atoms with Crippen molar-refractivity contribution >= 4 is 23.5 Å². The van der Waals surface area contributed by atoms with Gasteiger partial charge in [0.15, 0.2) is 0 Å². The molecule has 1 saturated heterocycles.